The van der Waals surface area contributed by atoms with E-state index in [1.165, 1.54) is 12.1 Å². The molecule has 0 aliphatic carbocycles. The summed E-state index contributed by atoms with van der Waals surface area (Å²) in [6.45, 7) is 2.04. The molecule has 0 heterocycles. The van der Waals surface area contributed by atoms with E-state index in [1.54, 1.807) is 19.1 Å². The van der Waals surface area contributed by atoms with E-state index in [4.69, 9.17) is 5.11 Å². The lowest BCUT2D eigenvalue weighted by Crippen LogP contribution is -2.30. The second-order valence-electron chi connectivity index (χ2n) is 4.09. The minimum atomic E-state index is -3.68. The number of nitrogens with one attached hydrogen (secondary N) is 2. The Hall–Kier alpha value is -1.88. The topological polar surface area (TPSA) is 95.5 Å². The van der Waals surface area contributed by atoms with Crippen molar-refractivity contribution in [2.75, 3.05) is 19.7 Å². The predicted octanol–water partition coefficient (Wildman–Crippen LogP) is -0.165. The Morgan fingerprint density at radius 1 is 1.38 bits per heavy atom. The molecular weight excluding hydrogens is 292 g/mol. The second kappa shape index (κ2) is 8.42. The number of rotatable bonds is 6. The molecule has 7 heteroatoms. The molecule has 0 aliphatic heterocycles. The van der Waals surface area contributed by atoms with Crippen molar-refractivity contribution in [1.82, 2.24) is 10.0 Å². The maximum Gasteiger partial charge on any atom is 0.240 e. The monoisotopic (exact) mass is 310 g/mol. The molecule has 0 fully saturated rings. The van der Waals surface area contributed by atoms with E-state index in [9.17, 15) is 13.2 Å². The fourth-order valence-corrected chi connectivity index (χ4v) is 2.63. The minimum Gasteiger partial charge on any atom is -0.384 e. The van der Waals surface area contributed by atoms with E-state index in [-0.39, 0.29) is 30.4 Å². The SMILES string of the molecule is CCNC(=O)CCNS(=O)(=O)c1cccc(C#CCO)c1. The smallest absolute Gasteiger partial charge is 0.240 e. The van der Waals surface area contributed by atoms with Crippen LogP contribution < -0.4 is 10.0 Å². The molecular formula is C14H18N2O4S. The molecule has 0 unspecified atom stereocenters. The fraction of sp³-hybridized carbons (Fsp3) is 0.357. The first-order chi connectivity index (χ1) is 9.99. The van der Waals surface area contributed by atoms with Crippen LogP contribution in [0.2, 0.25) is 0 Å². The Balaban J connectivity index is 2.72. The second-order valence-corrected chi connectivity index (χ2v) is 5.86. The summed E-state index contributed by atoms with van der Waals surface area (Å²) in [7, 11) is -3.68. The number of sulfonamides is 1. The Kier molecular flexibility index (Phi) is 6.88. The van der Waals surface area contributed by atoms with Gasteiger partial charge in [-0.3, -0.25) is 4.79 Å². The van der Waals surface area contributed by atoms with Crippen LogP contribution in [0.4, 0.5) is 0 Å². The number of hydrogen-bond donors (Lipinski definition) is 3. The third-order valence-electron chi connectivity index (χ3n) is 2.47. The highest BCUT2D eigenvalue weighted by molar-refractivity contribution is 7.89. The molecule has 1 rings (SSSR count). The molecule has 1 amide bonds. The number of carbonyl (C=O) groups excluding carboxylic acids is 1. The van der Waals surface area contributed by atoms with Crippen LogP contribution >= 0.6 is 0 Å². The van der Waals surface area contributed by atoms with Gasteiger partial charge in [-0.2, -0.15) is 0 Å². The largest absolute Gasteiger partial charge is 0.384 e. The summed E-state index contributed by atoms with van der Waals surface area (Å²) >= 11 is 0. The summed E-state index contributed by atoms with van der Waals surface area (Å²) in [5, 5.41) is 11.2. The highest BCUT2D eigenvalue weighted by atomic mass is 32.2. The summed E-state index contributed by atoms with van der Waals surface area (Å²) in [4.78, 5) is 11.3. The van der Waals surface area contributed by atoms with Crippen molar-refractivity contribution in [2.24, 2.45) is 0 Å². The lowest BCUT2D eigenvalue weighted by atomic mass is 10.2. The first-order valence-electron chi connectivity index (χ1n) is 6.45. The van der Waals surface area contributed by atoms with Crippen molar-refractivity contribution >= 4 is 15.9 Å². The molecule has 1 aromatic carbocycles. The fourth-order valence-electron chi connectivity index (χ4n) is 1.55. The van der Waals surface area contributed by atoms with Crippen molar-refractivity contribution < 1.29 is 18.3 Å². The summed E-state index contributed by atoms with van der Waals surface area (Å²) in [5.74, 6) is 4.89. The van der Waals surface area contributed by atoms with Crippen LogP contribution in [0.5, 0.6) is 0 Å². The number of carbonyl (C=O) groups is 1. The minimum absolute atomic E-state index is 0.0285. The number of hydrogen-bond acceptors (Lipinski definition) is 4. The van der Waals surface area contributed by atoms with Crippen molar-refractivity contribution in [3.63, 3.8) is 0 Å². The van der Waals surface area contributed by atoms with Gasteiger partial charge in [-0.1, -0.05) is 17.9 Å². The van der Waals surface area contributed by atoms with Crippen LogP contribution in [-0.4, -0.2) is 39.1 Å². The van der Waals surface area contributed by atoms with Gasteiger partial charge in [-0.25, -0.2) is 13.1 Å². The van der Waals surface area contributed by atoms with Gasteiger partial charge >= 0.3 is 0 Å². The average molecular weight is 310 g/mol. The van der Waals surface area contributed by atoms with E-state index in [0.29, 0.717) is 12.1 Å². The zero-order valence-corrected chi connectivity index (χ0v) is 12.5. The van der Waals surface area contributed by atoms with E-state index in [0.717, 1.165) is 0 Å². The van der Waals surface area contributed by atoms with Crippen molar-refractivity contribution in [2.45, 2.75) is 18.2 Å². The predicted molar refractivity (Wildman–Crippen MR) is 78.9 cm³/mol. The molecule has 3 N–H and O–H groups in total. The third kappa shape index (κ3) is 5.95. The normalized spacial score (nSPS) is 10.6. The highest BCUT2D eigenvalue weighted by Gasteiger charge is 2.14. The van der Waals surface area contributed by atoms with Crippen LogP contribution in [-0.2, 0) is 14.8 Å². The van der Waals surface area contributed by atoms with Gasteiger partial charge < -0.3 is 10.4 Å². The van der Waals surface area contributed by atoms with E-state index >= 15 is 0 Å². The quantitative estimate of drug-likeness (QED) is 0.636. The van der Waals surface area contributed by atoms with Crippen molar-refractivity contribution in [1.29, 1.82) is 0 Å². The highest BCUT2D eigenvalue weighted by Crippen LogP contribution is 2.10. The summed E-state index contributed by atoms with van der Waals surface area (Å²) in [5.41, 5.74) is 0.496. The van der Waals surface area contributed by atoms with Crippen LogP contribution in [0.1, 0.15) is 18.9 Å². The van der Waals surface area contributed by atoms with Gasteiger partial charge in [-0.05, 0) is 25.1 Å². The number of amides is 1. The van der Waals surface area contributed by atoms with Gasteiger partial charge in [0.15, 0.2) is 0 Å². The van der Waals surface area contributed by atoms with Crippen LogP contribution in [0.25, 0.3) is 0 Å². The zero-order valence-electron chi connectivity index (χ0n) is 11.7. The summed E-state index contributed by atoms with van der Waals surface area (Å²) < 4.78 is 26.5. The molecule has 0 aromatic heterocycles. The molecule has 1 aromatic rings. The molecule has 0 aliphatic rings. The van der Waals surface area contributed by atoms with Gasteiger partial charge in [-0.15, -0.1) is 0 Å². The molecule has 0 radical (unpaired) electrons. The van der Waals surface area contributed by atoms with Crippen LogP contribution in [0.15, 0.2) is 29.2 Å². The molecule has 21 heavy (non-hydrogen) atoms. The Morgan fingerprint density at radius 3 is 2.81 bits per heavy atom. The molecule has 0 bridgehead atoms. The van der Waals surface area contributed by atoms with E-state index < -0.39 is 10.0 Å². The van der Waals surface area contributed by atoms with Crippen molar-refractivity contribution in [3.05, 3.63) is 29.8 Å². The Bertz CT molecular complexity index is 644. The number of aliphatic hydroxyl groups excluding tert-OH is 1. The lowest BCUT2D eigenvalue weighted by molar-refractivity contribution is -0.120. The summed E-state index contributed by atoms with van der Waals surface area (Å²) in [6, 6.07) is 6.08. The first-order valence-corrected chi connectivity index (χ1v) is 7.94. The van der Waals surface area contributed by atoms with Crippen LogP contribution in [0.3, 0.4) is 0 Å². The lowest BCUT2D eigenvalue weighted by Gasteiger charge is -2.07. The maximum atomic E-state index is 12.1. The molecule has 0 saturated heterocycles. The van der Waals surface area contributed by atoms with E-state index in [1.807, 2.05) is 0 Å². The number of benzene rings is 1. The van der Waals surface area contributed by atoms with Gasteiger partial charge in [0.2, 0.25) is 15.9 Å². The third-order valence-corrected chi connectivity index (χ3v) is 3.93. The van der Waals surface area contributed by atoms with Crippen LogP contribution in [0, 0.1) is 11.8 Å². The van der Waals surface area contributed by atoms with Gasteiger partial charge in [0.25, 0.3) is 0 Å². The van der Waals surface area contributed by atoms with Gasteiger partial charge in [0.05, 0.1) is 4.90 Å². The average Bonchev–Trinajstić information content (AvgIpc) is 2.45. The first kappa shape index (κ1) is 17.2. The molecule has 0 spiro atoms. The van der Waals surface area contributed by atoms with Gasteiger partial charge in [0, 0.05) is 25.1 Å². The summed E-state index contributed by atoms with van der Waals surface area (Å²) in [6.07, 6.45) is 0.0804. The van der Waals surface area contributed by atoms with Gasteiger partial charge in [0.1, 0.15) is 6.61 Å². The van der Waals surface area contributed by atoms with E-state index in [2.05, 4.69) is 21.9 Å². The molecule has 6 nitrogen and oxygen atoms in total. The molecule has 0 saturated carbocycles. The molecule has 114 valence electrons. The number of aliphatic hydroxyl groups is 1. The molecule has 0 atom stereocenters. The maximum absolute atomic E-state index is 12.1. The zero-order chi connectivity index (χ0) is 15.7. The van der Waals surface area contributed by atoms with Crippen molar-refractivity contribution in [3.8, 4) is 11.8 Å². The Labute approximate surface area is 124 Å². The Morgan fingerprint density at radius 2 is 2.14 bits per heavy atom. The standard InChI is InChI=1S/C14H18N2O4S/c1-2-15-14(18)8-9-16-21(19,20)13-7-3-5-12(11-13)6-4-10-17/h3,5,7,11,16-17H,2,8-10H2,1H3,(H,15,18).